The summed E-state index contributed by atoms with van der Waals surface area (Å²) in [6.45, 7) is 3.91. The molecule has 4 heteroatoms. The van der Waals surface area contributed by atoms with Gasteiger partial charge >= 0.3 is 0 Å². The maximum atomic E-state index is 12.3. The van der Waals surface area contributed by atoms with Crippen molar-refractivity contribution in [3.8, 4) is 0 Å². The number of hydrogen-bond acceptors (Lipinski definition) is 1. The van der Waals surface area contributed by atoms with Crippen molar-refractivity contribution in [1.29, 1.82) is 0 Å². The van der Waals surface area contributed by atoms with Gasteiger partial charge < -0.3 is 5.32 Å². The minimum atomic E-state index is -0.0533. The van der Waals surface area contributed by atoms with Crippen LogP contribution in [0.1, 0.15) is 34.5 Å². The number of hydrogen-bond donors (Lipinski definition) is 1. The van der Waals surface area contributed by atoms with Gasteiger partial charge in [0, 0.05) is 14.5 Å². The van der Waals surface area contributed by atoms with Crippen molar-refractivity contribution < 1.29 is 4.79 Å². The molecule has 0 aliphatic heterocycles. The molecule has 20 heavy (non-hydrogen) atoms. The Hall–Kier alpha value is -1.13. The van der Waals surface area contributed by atoms with Crippen molar-refractivity contribution in [3.63, 3.8) is 0 Å². The van der Waals surface area contributed by atoms with Crippen molar-refractivity contribution in [2.75, 3.05) is 0 Å². The van der Waals surface area contributed by atoms with Crippen LogP contribution in [0.3, 0.4) is 0 Å². The first-order chi connectivity index (χ1) is 9.47. The van der Waals surface area contributed by atoms with Crippen LogP contribution in [0, 0.1) is 6.92 Å². The monoisotopic (exact) mass is 395 g/mol. The molecule has 2 rings (SSSR count). The summed E-state index contributed by atoms with van der Waals surface area (Å²) < 4.78 is 1.99. The molecule has 0 radical (unpaired) electrons. The lowest BCUT2D eigenvalue weighted by atomic mass is 10.1. The molecule has 0 saturated carbocycles. The summed E-state index contributed by atoms with van der Waals surface area (Å²) in [5, 5.41) is 3.02. The summed E-state index contributed by atoms with van der Waals surface area (Å²) in [4.78, 5) is 12.3. The van der Waals surface area contributed by atoms with Crippen LogP contribution >= 0.6 is 31.9 Å². The summed E-state index contributed by atoms with van der Waals surface area (Å²) in [6, 6.07) is 13.6. The Morgan fingerprint density at radius 2 is 1.80 bits per heavy atom. The molecule has 0 saturated heterocycles. The predicted octanol–water partition coefficient (Wildman–Crippen LogP) is 5.01. The third kappa shape index (κ3) is 3.70. The number of amides is 1. The number of nitrogens with one attached hydrogen (secondary N) is 1. The highest BCUT2D eigenvalue weighted by Crippen LogP contribution is 2.20. The van der Waals surface area contributed by atoms with Crippen LogP contribution in [0.2, 0.25) is 0 Å². The molecule has 0 bridgehead atoms. The first-order valence-electron chi connectivity index (χ1n) is 6.30. The molecule has 1 amide bonds. The summed E-state index contributed by atoms with van der Waals surface area (Å²) in [5.41, 5.74) is 2.73. The summed E-state index contributed by atoms with van der Waals surface area (Å²) in [6.07, 6.45) is 0. The number of aryl methyl sites for hydroxylation is 1. The summed E-state index contributed by atoms with van der Waals surface area (Å²) >= 11 is 6.85. The first kappa shape index (κ1) is 15.3. The topological polar surface area (TPSA) is 29.1 Å². The fourth-order valence-electron chi connectivity index (χ4n) is 2.02. The van der Waals surface area contributed by atoms with Gasteiger partial charge in [-0.15, -0.1) is 0 Å². The lowest BCUT2D eigenvalue weighted by Crippen LogP contribution is -2.27. The van der Waals surface area contributed by atoms with E-state index in [-0.39, 0.29) is 11.9 Å². The highest BCUT2D eigenvalue weighted by molar-refractivity contribution is 9.10. The number of benzene rings is 2. The number of rotatable bonds is 3. The van der Waals surface area contributed by atoms with Gasteiger partial charge in [0.05, 0.1) is 6.04 Å². The molecule has 0 spiro atoms. The lowest BCUT2D eigenvalue weighted by molar-refractivity contribution is 0.0939. The van der Waals surface area contributed by atoms with Crippen molar-refractivity contribution in [1.82, 2.24) is 5.32 Å². The van der Waals surface area contributed by atoms with Crippen molar-refractivity contribution in [3.05, 3.63) is 68.1 Å². The molecule has 0 fully saturated rings. The van der Waals surface area contributed by atoms with Gasteiger partial charge in [0.2, 0.25) is 0 Å². The third-order valence-corrected chi connectivity index (χ3v) is 4.12. The van der Waals surface area contributed by atoms with Gasteiger partial charge in [-0.2, -0.15) is 0 Å². The SMILES string of the molecule is Cc1cc(Br)ccc1C(=O)NC(C)c1cccc(Br)c1. The van der Waals surface area contributed by atoms with Crippen LogP contribution in [0.25, 0.3) is 0 Å². The highest BCUT2D eigenvalue weighted by atomic mass is 79.9. The Labute approximate surface area is 135 Å². The Kier molecular flexibility index (Phi) is 5.00. The maximum Gasteiger partial charge on any atom is 0.252 e. The molecule has 1 atom stereocenters. The summed E-state index contributed by atoms with van der Waals surface area (Å²) in [7, 11) is 0. The van der Waals surface area contributed by atoms with Gasteiger partial charge in [0.15, 0.2) is 0 Å². The molecule has 1 N–H and O–H groups in total. The van der Waals surface area contributed by atoms with E-state index in [4.69, 9.17) is 0 Å². The second-order valence-electron chi connectivity index (χ2n) is 4.71. The molecule has 2 aromatic rings. The van der Waals surface area contributed by atoms with Crippen LogP contribution in [-0.2, 0) is 0 Å². The Morgan fingerprint density at radius 3 is 2.45 bits per heavy atom. The van der Waals surface area contributed by atoms with E-state index in [1.165, 1.54) is 0 Å². The molecule has 2 aromatic carbocycles. The van der Waals surface area contributed by atoms with Gasteiger partial charge in [0.25, 0.3) is 5.91 Å². The van der Waals surface area contributed by atoms with Crippen molar-refractivity contribution >= 4 is 37.8 Å². The molecule has 2 nitrogen and oxygen atoms in total. The quantitative estimate of drug-likeness (QED) is 0.775. The van der Waals surface area contributed by atoms with Crippen LogP contribution in [-0.4, -0.2) is 5.91 Å². The molecule has 1 unspecified atom stereocenters. The van der Waals surface area contributed by atoms with Crippen molar-refractivity contribution in [2.45, 2.75) is 19.9 Å². The molecule has 104 valence electrons. The highest BCUT2D eigenvalue weighted by Gasteiger charge is 2.13. The normalized spacial score (nSPS) is 12.0. The van der Waals surface area contributed by atoms with E-state index in [2.05, 4.69) is 37.2 Å². The lowest BCUT2D eigenvalue weighted by Gasteiger charge is -2.15. The molecule has 0 aliphatic carbocycles. The molecule has 0 aliphatic rings. The molecule has 0 aromatic heterocycles. The number of carbonyl (C=O) groups excluding carboxylic acids is 1. The van der Waals surface area contributed by atoms with E-state index in [0.29, 0.717) is 5.56 Å². The minimum absolute atomic E-state index is 0.0388. The minimum Gasteiger partial charge on any atom is -0.346 e. The third-order valence-electron chi connectivity index (χ3n) is 3.13. The van der Waals surface area contributed by atoms with Gasteiger partial charge in [-0.3, -0.25) is 4.79 Å². The van der Waals surface area contributed by atoms with Crippen molar-refractivity contribution in [2.24, 2.45) is 0 Å². The smallest absolute Gasteiger partial charge is 0.252 e. The van der Waals surface area contributed by atoms with E-state index >= 15 is 0 Å². The largest absolute Gasteiger partial charge is 0.346 e. The Balaban J connectivity index is 2.15. The van der Waals surface area contributed by atoms with Gasteiger partial charge in [-0.05, 0) is 55.3 Å². The zero-order valence-electron chi connectivity index (χ0n) is 11.3. The van der Waals surface area contributed by atoms with E-state index in [9.17, 15) is 4.79 Å². The van der Waals surface area contributed by atoms with Crippen LogP contribution in [0.5, 0.6) is 0 Å². The number of halogens is 2. The average Bonchev–Trinajstić information content (AvgIpc) is 2.38. The van der Waals surface area contributed by atoms with E-state index in [0.717, 1.165) is 20.1 Å². The van der Waals surface area contributed by atoms with Gasteiger partial charge in [-0.1, -0.05) is 44.0 Å². The molecular weight excluding hydrogens is 382 g/mol. The van der Waals surface area contributed by atoms with E-state index in [1.807, 2.05) is 56.3 Å². The second kappa shape index (κ2) is 6.55. The predicted molar refractivity (Wildman–Crippen MR) is 88.9 cm³/mol. The van der Waals surface area contributed by atoms with Gasteiger partial charge in [-0.25, -0.2) is 0 Å². The van der Waals surface area contributed by atoms with Crippen LogP contribution in [0.15, 0.2) is 51.4 Å². The Morgan fingerprint density at radius 1 is 1.10 bits per heavy atom. The first-order valence-corrected chi connectivity index (χ1v) is 7.88. The number of carbonyl (C=O) groups is 1. The van der Waals surface area contributed by atoms with E-state index < -0.39 is 0 Å². The van der Waals surface area contributed by atoms with Crippen LogP contribution in [0.4, 0.5) is 0 Å². The molecular formula is C16H15Br2NO. The Bertz CT molecular complexity index is 640. The second-order valence-corrected chi connectivity index (χ2v) is 6.54. The zero-order valence-corrected chi connectivity index (χ0v) is 14.5. The molecule has 0 heterocycles. The standard InChI is InChI=1S/C16H15Br2NO/c1-10-8-14(18)6-7-15(10)16(20)19-11(2)12-4-3-5-13(17)9-12/h3-9,11H,1-2H3,(H,19,20). The van der Waals surface area contributed by atoms with Crippen LogP contribution < -0.4 is 5.32 Å². The maximum absolute atomic E-state index is 12.3. The fraction of sp³-hybridized carbons (Fsp3) is 0.188. The average molecular weight is 397 g/mol. The summed E-state index contributed by atoms with van der Waals surface area (Å²) in [5.74, 6) is -0.0533. The van der Waals surface area contributed by atoms with Gasteiger partial charge in [0.1, 0.15) is 0 Å². The fourth-order valence-corrected chi connectivity index (χ4v) is 2.91. The zero-order chi connectivity index (χ0) is 14.7. The van der Waals surface area contributed by atoms with E-state index in [1.54, 1.807) is 0 Å².